The summed E-state index contributed by atoms with van der Waals surface area (Å²) < 4.78 is 0. The number of nitrogens with zero attached hydrogens (tertiary/aromatic N) is 4. The number of aromatic amines is 1. The number of anilines is 1. The molecule has 0 saturated carbocycles. The fraction of sp³-hybridized carbons (Fsp3) is 0.350. The molecule has 3 heterocycles. The Bertz CT molecular complexity index is 892. The van der Waals surface area contributed by atoms with E-state index in [-0.39, 0.29) is 5.91 Å². The molecule has 0 atom stereocenters. The molecule has 1 amide bonds. The molecule has 0 aliphatic carbocycles. The number of hydrogen-bond acceptors (Lipinski definition) is 4. The Kier molecular flexibility index (Phi) is 4.32. The number of piperazine rings is 1. The lowest BCUT2D eigenvalue weighted by molar-refractivity contribution is 0.0741. The zero-order chi connectivity index (χ0) is 18.1. The summed E-state index contributed by atoms with van der Waals surface area (Å²) in [5.41, 5.74) is 2.70. The lowest BCUT2D eigenvalue weighted by Gasteiger charge is -2.35. The minimum atomic E-state index is 0.0615. The first-order valence-corrected chi connectivity index (χ1v) is 9.06. The Morgan fingerprint density at radius 2 is 1.85 bits per heavy atom. The first-order valence-electron chi connectivity index (χ1n) is 9.06. The summed E-state index contributed by atoms with van der Waals surface area (Å²) in [6, 6.07) is 12.0. The number of amides is 1. The lowest BCUT2D eigenvalue weighted by Crippen LogP contribution is -2.49. The number of H-pyrrole nitrogens is 1. The van der Waals surface area contributed by atoms with Gasteiger partial charge in [0.15, 0.2) is 0 Å². The van der Waals surface area contributed by atoms with Gasteiger partial charge in [-0.2, -0.15) is 0 Å². The van der Waals surface area contributed by atoms with Crippen LogP contribution < -0.4 is 4.90 Å². The van der Waals surface area contributed by atoms with Crippen LogP contribution >= 0.6 is 0 Å². The van der Waals surface area contributed by atoms with Crippen molar-refractivity contribution >= 4 is 22.6 Å². The van der Waals surface area contributed by atoms with Crippen LogP contribution in [0.5, 0.6) is 0 Å². The van der Waals surface area contributed by atoms with Gasteiger partial charge in [-0.1, -0.05) is 32.0 Å². The van der Waals surface area contributed by atoms with Crippen molar-refractivity contribution in [2.24, 2.45) is 0 Å². The van der Waals surface area contributed by atoms with E-state index in [4.69, 9.17) is 0 Å². The Labute approximate surface area is 152 Å². The van der Waals surface area contributed by atoms with Crippen LogP contribution in [0.2, 0.25) is 0 Å². The third kappa shape index (κ3) is 3.14. The lowest BCUT2D eigenvalue weighted by atomic mass is 10.1. The van der Waals surface area contributed by atoms with Gasteiger partial charge in [-0.05, 0) is 18.1 Å². The van der Waals surface area contributed by atoms with Crippen LogP contribution in [0.15, 0.2) is 42.7 Å². The summed E-state index contributed by atoms with van der Waals surface area (Å²) in [6.07, 6.45) is 1.63. The molecule has 1 saturated heterocycles. The molecular weight excluding hydrogens is 326 g/mol. The third-order valence-corrected chi connectivity index (χ3v) is 4.92. The number of nitrogens with one attached hydrogen (secondary N) is 1. The Balaban J connectivity index is 1.44. The fourth-order valence-corrected chi connectivity index (χ4v) is 3.35. The summed E-state index contributed by atoms with van der Waals surface area (Å²) in [4.78, 5) is 28.9. The highest BCUT2D eigenvalue weighted by Crippen LogP contribution is 2.20. The maximum absolute atomic E-state index is 12.8. The molecule has 4 rings (SSSR count). The SMILES string of the molecule is CC(C)c1cc(N2CCN(C(=O)c3cc4ccccc4[nH]3)CC2)ncn1. The van der Waals surface area contributed by atoms with Gasteiger partial charge in [0.05, 0.1) is 0 Å². The number of hydrogen-bond donors (Lipinski definition) is 1. The van der Waals surface area contributed by atoms with Crippen molar-refractivity contribution in [1.29, 1.82) is 0 Å². The van der Waals surface area contributed by atoms with Gasteiger partial charge in [0.2, 0.25) is 0 Å². The molecule has 1 aromatic carbocycles. The predicted molar refractivity (Wildman–Crippen MR) is 103 cm³/mol. The number of carbonyl (C=O) groups excluding carboxylic acids is 1. The van der Waals surface area contributed by atoms with E-state index < -0.39 is 0 Å². The molecule has 0 bridgehead atoms. The Morgan fingerprint density at radius 1 is 1.08 bits per heavy atom. The first-order chi connectivity index (χ1) is 12.6. The standard InChI is InChI=1S/C20H23N5O/c1-14(2)17-12-19(22-13-21-17)24-7-9-25(10-8-24)20(26)18-11-15-5-3-4-6-16(15)23-18/h3-6,11-14,23H,7-10H2,1-2H3. The highest BCUT2D eigenvalue weighted by atomic mass is 16.2. The van der Waals surface area contributed by atoms with Crippen LogP contribution in [0, 0.1) is 0 Å². The van der Waals surface area contributed by atoms with Gasteiger partial charge in [-0.15, -0.1) is 0 Å². The molecule has 3 aromatic rings. The Hall–Kier alpha value is -2.89. The number of fused-ring (bicyclic) bond motifs is 1. The van der Waals surface area contributed by atoms with Crippen molar-refractivity contribution in [3.05, 3.63) is 54.1 Å². The molecule has 1 fully saturated rings. The first kappa shape index (κ1) is 16.6. The van der Waals surface area contributed by atoms with Crippen LogP contribution in [-0.4, -0.2) is 51.9 Å². The molecule has 1 aliphatic rings. The van der Waals surface area contributed by atoms with E-state index in [1.807, 2.05) is 35.2 Å². The maximum atomic E-state index is 12.8. The summed E-state index contributed by atoms with van der Waals surface area (Å²) in [6.45, 7) is 7.19. The normalized spacial score (nSPS) is 15.0. The van der Waals surface area contributed by atoms with Gasteiger partial charge in [0.1, 0.15) is 17.8 Å². The van der Waals surface area contributed by atoms with Crippen molar-refractivity contribution in [3.8, 4) is 0 Å². The Morgan fingerprint density at radius 3 is 2.58 bits per heavy atom. The molecule has 1 N–H and O–H groups in total. The molecule has 1 aliphatic heterocycles. The van der Waals surface area contributed by atoms with E-state index in [2.05, 4.69) is 39.8 Å². The summed E-state index contributed by atoms with van der Waals surface area (Å²) in [5, 5.41) is 1.07. The molecule has 6 heteroatoms. The number of para-hydroxylation sites is 1. The molecule has 0 unspecified atom stereocenters. The van der Waals surface area contributed by atoms with Crippen molar-refractivity contribution in [2.45, 2.75) is 19.8 Å². The second-order valence-corrected chi connectivity index (χ2v) is 7.01. The van der Waals surface area contributed by atoms with E-state index in [0.717, 1.165) is 35.5 Å². The van der Waals surface area contributed by atoms with Gasteiger partial charge < -0.3 is 14.8 Å². The average molecular weight is 349 g/mol. The van der Waals surface area contributed by atoms with E-state index >= 15 is 0 Å². The fourth-order valence-electron chi connectivity index (χ4n) is 3.35. The molecular formula is C20H23N5O. The van der Waals surface area contributed by atoms with E-state index in [1.54, 1.807) is 6.33 Å². The number of rotatable bonds is 3. The van der Waals surface area contributed by atoms with Crippen LogP contribution in [0.4, 0.5) is 5.82 Å². The van der Waals surface area contributed by atoms with Gasteiger partial charge in [0.25, 0.3) is 5.91 Å². The zero-order valence-electron chi connectivity index (χ0n) is 15.1. The van der Waals surface area contributed by atoms with Crippen molar-refractivity contribution in [3.63, 3.8) is 0 Å². The zero-order valence-corrected chi connectivity index (χ0v) is 15.1. The van der Waals surface area contributed by atoms with Gasteiger partial charge in [-0.25, -0.2) is 9.97 Å². The van der Waals surface area contributed by atoms with Gasteiger partial charge in [-0.3, -0.25) is 4.79 Å². The van der Waals surface area contributed by atoms with Gasteiger partial charge >= 0.3 is 0 Å². The molecule has 26 heavy (non-hydrogen) atoms. The van der Waals surface area contributed by atoms with Crippen molar-refractivity contribution < 1.29 is 4.79 Å². The van der Waals surface area contributed by atoms with Crippen molar-refractivity contribution in [1.82, 2.24) is 19.9 Å². The largest absolute Gasteiger partial charge is 0.353 e. The van der Waals surface area contributed by atoms with Crippen LogP contribution in [0.1, 0.15) is 35.9 Å². The van der Waals surface area contributed by atoms with Crippen LogP contribution in [0.25, 0.3) is 10.9 Å². The maximum Gasteiger partial charge on any atom is 0.270 e. The molecule has 134 valence electrons. The van der Waals surface area contributed by atoms with Crippen LogP contribution in [0.3, 0.4) is 0 Å². The number of aromatic nitrogens is 3. The van der Waals surface area contributed by atoms with Crippen LogP contribution in [-0.2, 0) is 0 Å². The van der Waals surface area contributed by atoms with Crippen molar-refractivity contribution in [2.75, 3.05) is 31.1 Å². The van der Waals surface area contributed by atoms with Gasteiger partial charge in [0, 0.05) is 48.8 Å². The number of benzene rings is 1. The molecule has 6 nitrogen and oxygen atoms in total. The van der Waals surface area contributed by atoms with E-state index in [1.165, 1.54) is 0 Å². The smallest absolute Gasteiger partial charge is 0.270 e. The highest BCUT2D eigenvalue weighted by Gasteiger charge is 2.24. The summed E-state index contributed by atoms with van der Waals surface area (Å²) >= 11 is 0. The molecule has 0 radical (unpaired) electrons. The predicted octanol–water partition coefficient (Wildman–Crippen LogP) is 3.04. The topological polar surface area (TPSA) is 65.1 Å². The minimum absolute atomic E-state index is 0.0615. The number of carbonyl (C=O) groups is 1. The quantitative estimate of drug-likeness (QED) is 0.789. The second-order valence-electron chi connectivity index (χ2n) is 7.01. The summed E-state index contributed by atoms with van der Waals surface area (Å²) in [7, 11) is 0. The second kappa shape index (κ2) is 6.78. The molecule has 2 aromatic heterocycles. The summed E-state index contributed by atoms with van der Waals surface area (Å²) in [5.74, 6) is 1.38. The van der Waals surface area contributed by atoms with E-state index in [9.17, 15) is 4.79 Å². The third-order valence-electron chi connectivity index (χ3n) is 4.92. The average Bonchev–Trinajstić information content (AvgIpc) is 3.12. The molecule has 0 spiro atoms. The highest BCUT2D eigenvalue weighted by molar-refractivity contribution is 5.98. The van der Waals surface area contributed by atoms with E-state index in [0.29, 0.717) is 24.7 Å². The minimum Gasteiger partial charge on any atom is -0.353 e. The monoisotopic (exact) mass is 349 g/mol.